The van der Waals surface area contributed by atoms with E-state index in [-0.39, 0.29) is 5.89 Å². The lowest BCUT2D eigenvalue weighted by atomic mass is 10.3. The van der Waals surface area contributed by atoms with Crippen LogP contribution in [0.15, 0.2) is 22.6 Å². The topological polar surface area (TPSA) is 59.0 Å². The minimum absolute atomic E-state index is 0.0622. The maximum Gasteiger partial charge on any atom is 0.301 e. The Bertz CT molecular complexity index is 496. The van der Waals surface area contributed by atoms with Crippen LogP contribution in [0.1, 0.15) is 12.8 Å². The summed E-state index contributed by atoms with van der Waals surface area (Å²) in [6.07, 6.45) is 0. The molecule has 1 aromatic carbocycles. The molecule has 2 aromatic rings. The first kappa shape index (κ1) is 8.57. The fourth-order valence-electron chi connectivity index (χ4n) is 1.24. The van der Waals surface area contributed by atoms with Crippen molar-refractivity contribution in [2.75, 3.05) is 6.61 Å². The third-order valence-electron chi connectivity index (χ3n) is 1.77. The average molecular weight is 188 g/mol. The van der Waals surface area contributed by atoms with E-state index in [1.54, 1.807) is 12.1 Å². The number of ether oxygens (including phenoxy) is 1. The molecule has 0 bridgehead atoms. The lowest BCUT2D eigenvalue weighted by Crippen LogP contribution is -1.90. The van der Waals surface area contributed by atoms with Gasteiger partial charge in [0.25, 0.3) is 0 Å². The molecule has 0 saturated heterocycles. The Morgan fingerprint density at radius 3 is 3.14 bits per heavy atom. The van der Waals surface area contributed by atoms with Gasteiger partial charge in [-0.1, -0.05) is 6.07 Å². The van der Waals surface area contributed by atoms with Gasteiger partial charge in [0.15, 0.2) is 17.4 Å². The fourth-order valence-corrected chi connectivity index (χ4v) is 1.24. The molecule has 1 heterocycles. The normalized spacial score (nSPS) is 10.0. The average Bonchev–Trinajstić information content (AvgIpc) is 2.62. The van der Waals surface area contributed by atoms with Crippen LogP contribution >= 0.6 is 0 Å². The van der Waals surface area contributed by atoms with Crippen molar-refractivity contribution in [3.8, 4) is 11.8 Å². The van der Waals surface area contributed by atoms with Gasteiger partial charge in [-0.05, 0) is 19.1 Å². The van der Waals surface area contributed by atoms with Gasteiger partial charge in [0.2, 0.25) is 0 Å². The minimum atomic E-state index is 0.0622. The van der Waals surface area contributed by atoms with Crippen LogP contribution in [-0.4, -0.2) is 11.6 Å². The van der Waals surface area contributed by atoms with Gasteiger partial charge < -0.3 is 9.15 Å². The summed E-state index contributed by atoms with van der Waals surface area (Å²) in [6.45, 7) is 2.45. The molecular formula is C10H8N2O2. The Kier molecular flexibility index (Phi) is 2.07. The molecule has 0 saturated carbocycles. The number of nitrogens with zero attached hydrogens (tertiary/aromatic N) is 2. The lowest BCUT2D eigenvalue weighted by molar-refractivity contribution is 0.338. The Hall–Kier alpha value is -2.02. The molecule has 2 rings (SSSR count). The van der Waals surface area contributed by atoms with Crippen LogP contribution < -0.4 is 4.74 Å². The summed E-state index contributed by atoms with van der Waals surface area (Å²) in [6, 6.07) is 7.24. The zero-order valence-electron chi connectivity index (χ0n) is 7.65. The molecule has 70 valence electrons. The summed E-state index contributed by atoms with van der Waals surface area (Å²) >= 11 is 0. The van der Waals surface area contributed by atoms with Gasteiger partial charge in [0.1, 0.15) is 5.52 Å². The molecule has 0 atom stereocenters. The maximum absolute atomic E-state index is 8.61. The second-order valence-electron chi connectivity index (χ2n) is 2.67. The highest BCUT2D eigenvalue weighted by Gasteiger charge is 2.09. The van der Waals surface area contributed by atoms with Crippen LogP contribution in [-0.2, 0) is 0 Å². The van der Waals surface area contributed by atoms with Gasteiger partial charge in [-0.25, -0.2) is 0 Å². The quantitative estimate of drug-likeness (QED) is 0.724. The number of aromatic nitrogens is 1. The number of hydrogen-bond acceptors (Lipinski definition) is 4. The Morgan fingerprint density at radius 2 is 2.43 bits per heavy atom. The van der Waals surface area contributed by atoms with Gasteiger partial charge in [0, 0.05) is 0 Å². The van der Waals surface area contributed by atoms with Gasteiger partial charge in [-0.2, -0.15) is 10.2 Å². The van der Waals surface area contributed by atoms with E-state index in [0.29, 0.717) is 23.5 Å². The highest BCUT2D eigenvalue weighted by atomic mass is 16.5. The molecule has 0 spiro atoms. The van der Waals surface area contributed by atoms with Crippen LogP contribution in [0, 0.1) is 11.3 Å². The summed E-state index contributed by atoms with van der Waals surface area (Å²) in [7, 11) is 0. The van der Waals surface area contributed by atoms with E-state index in [0.717, 1.165) is 0 Å². The van der Waals surface area contributed by atoms with E-state index in [1.807, 2.05) is 19.1 Å². The second-order valence-corrected chi connectivity index (χ2v) is 2.67. The SMILES string of the molecule is CCOc1cccc2nc(C#N)oc12. The van der Waals surface area contributed by atoms with Crippen LogP contribution in [0.2, 0.25) is 0 Å². The van der Waals surface area contributed by atoms with Crippen LogP contribution in [0.5, 0.6) is 5.75 Å². The van der Waals surface area contributed by atoms with E-state index in [2.05, 4.69) is 4.98 Å². The molecule has 0 amide bonds. The number of oxazole rings is 1. The van der Waals surface area contributed by atoms with Crippen molar-refractivity contribution in [2.45, 2.75) is 6.92 Å². The van der Waals surface area contributed by atoms with Crippen molar-refractivity contribution >= 4 is 11.1 Å². The van der Waals surface area contributed by atoms with Crippen molar-refractivity contribution in [2.24, 2.45) is 0 Å². The van der Waals surface area contributed by atoms with Gasteiger partial charge in [-0.3, -0.25) is 0 Å². The Labute approximate surface area is 80.7 Å². The highest BCUT2D eigenvalue weighted by molar-refractivity contribution is 5.79. The monoisotopic (exact) mass is 188 g/mol. The van der Waals surface area contributed by atoms with E-state index in [9.17, 15) is 0 Å². The van der Waals surface area contributed by atoms with E-state index < -0.39 is 0 Å². The number of nitriles is 1. The highest BCUT2D eigenvalue weighted by Crippen LogP contribution is 2.25. The summed E-state index contributed by atoms with van der Waals surface area (Å²) < 4.78 is 10.5. The molecule has 4 heteroatoms. The Morgan fingerprint density at radius 1 is 1.57 bits per heavy atom. The molecule has 0 fully saturated rings. The van der Waals surface area contributed by atoms with Gasteiger partial charge in [-0.15, -0.1) is 0 Å². The zero-order valence-corrected chi connectivity index (χ0v) is 7.65. The van der Waals surface area contributed by atoms with Crippen LogP contribution in [0.25, 0.3) is 11.1 Å². The first-order chi connectivity index (χ1) is 6.85. The summed E-state index contributed by atoms with van der Waals surface area (Å²) in [5, 5.41) is 8.61. The third kappa shape index (κ3) is 1.29. The van der Waals surface area contributed by atoms with Gasteiger partial charge in [0.05, 0.1) is 6.61 Å². The molecule has 0 aliphatic rings. The number of fused-ring (bicyclic) bond motifs is 1. The number of hydrogen-bond donors (Lipinski definition) is 0. The number of para-hydroxylation sites is 1. The molecule has 0 aliphatic carbocycles. The fraction of sp³-hybridized carbons (Fsp3) is 0.200. The summed E-state index contributed by atoms with van der Waals surface area (Å²) in [4.78, 5) is 3.97. The van der Waals surface area contributed by atoms with E-state index in [4.69, 9.17) is 14.4 Å². The molecule has 14 heavy (non-hydrogen) atoms. The van der Waals surface area contributed by atoms with E-state index in [1.165, 1.54) is 0 Å². The second kappa shape index (κ2) is 3.38. The van der Waals surface area contributed by atoms with Crippen molar-refractivity contribution in [1.29, 1.82) is 5.26 Å². The van der Waals surface area contributed by atoms with Crippen LogP contribution in [0.3, 0.4) is 0 Å². The molecule has 0 radical (unpaired) electrons. The zero-order chi connectivity index (χ0) is 9.97. The minimum Gasteiger partial charge on any atom is -0.490 e. The molecule has 0 aliphatic heterocycles. The molecular weight excluding hydrogens is 180 g/mol. The number of benzene rings is 1. The smallest absolute Gasteiger partial charge is 0.301 e. The third-order valence-corrected chi connectivity index (χ3v) is 1.77. The molecule has 0 N–H and O–H groups in total. The van der Waals surface area contributed by atoms with Crippen molar-refractivity contribution in [3.05, 3.63) is 24.1 Å². The number of rotatable bonds is 2. The first-order valence-electron chi connectivity index (χ1n) is 4.27. The molecule has 4 nitrogen and oxygen atoms in total. The largest absolute Gasteiger partial charge is 0.490 e. The molecule has 1 aromatic heterocycles. The Balaban J connectivity index is 2.62. The first-order valence-corrected chi connectivity index (χ1v) is 4.27. The predicted octanol–water partition coefficient (Wildman–Crippen LogP) is 2.10. The maximum atomic E-state index is 8.61. The van der Waals surface area contributed by atoms with Crippen molar-refractivity contribution in [1.82, 2.24) is 4.98 Å². The summed E-state index contributed by atoms with van der Waals surface area (Å²) in [5.74, 6) is 0.686. The predicted molar refractivity (Wildman–Crippen MR) is 49.9 cm³/mol. The lowest BCUT2D eigenvalue weighted by Gasteiger charge is -2.00. The van der Waals surface area contributed by atoms with E-state index >= 15 is 0 Å². The standard InChI is InChI=1S/C10H8N2O2/c1-2-13-8-5-3-4-7-10(8)14-9(6-11)12-7/h3-5H,2H2,1H3. The summed E-state index contributed by atoms with van der Waals surface area (Å²) in [5.41, 5.74) is 1.18. The molecule has 0 unspecified atom stereocenters. The van der Waals surface area contributed by atoms with Crippen molar-refractivity contribution in [3.63, 3.8) is 0 Å². The van der Waals surface area contributed by atoms with Crippen molar-refractivity contribution < 1.29 is 9.15 Å². The van der Waals surface area contributed by atoms with Gasteiger partial charge >= 0.3 is 5.89 Å². The van der Waals surface area contributed by atoms with Crippen LogP contribution in [0.4, 0.5) is 0 Å².